The van der Waals surface area contributed by atoms with Crippen molar-refractivity contribution in [2.45, 2.75) is 104 Å². The summed E-state index contributed by atoms with van der Waals surface area (Å²) < 4.78 is 40.3. The molecule has 2 atom stereocenters. The van der Waals surface area contributed by atoms with Crippen LogP contribution >= 0.6 is 0 Å². The van der Waals surface area contributed by atoms with Gasteiger partial charge in [-0.15, -0.1) is 0 Å². The van der Waals surface area contributed by atoms with Gasteiger partial charge in [-0.2, -0.15) is 4.39 Å². The van der Waals surface area contributed by atoms with Crippen molar-refractivity contribution in [3.05, 3.63) is 59.2 Å². The highest BCUT2D eigenvalue weighted by molar-refractivity contribution is 5.91. The molecule has 3 rings (SSSR count). The SMILES string of the molecule is CCCCCCC1CCC(C(C)Oc2ccc(C(=O)Oc3ccc(CC(C)CC)c(F)c3F)cc2)CC1. The van der Waals surface area contributed by atoms with Gasteiger partial charge < -0.3 is 9.47 Å². The zero-order chi connectivity index (χ0) is 26.8. The molecule has 0 aliphatic heterocycles. The molecule has 1 fully saturated rings. The molecule has 1 aliphatic carbocycles. The number of esters is 1. The molecule has 0 aromatic heterocycles. The lowest BCUT2D eigenvalue weighted by Gasteiger charge is -2.32. The molecule has 2 unspecified atom stereocenters. The highest BCUT2D eigenvalue weighted by Gasteiger charge is 2.26. The van der Waals surface area contributed by atoms with Crippen LogP contribution in [0.4, 0.5) is 8.78 Å². The monoisotopic (exact) mass is 514 g/mol. The van der Waals surface area contributed by atoms with E-state index >= 15 is 0 Å². The predicted octanol–water partition coefficient (Wildman–Crippen LogP) is 9.32. The number of hydrogen-bond acceptors (Lipinski definition) is 3. The number of hydrogen-bond donors (Lipinski definition) is 0. The first-order valence-corrected chi connectivity index (χ1v) is 14.3. The van der Waals surface area contributed by atoms with Gasteiger partial charge in [-0.3, -0.25) is 0 Å². The van der Waals surface area contributed by atoms with Crippen molar-refractivity contribution in [3.63, 3.8) is 0 Å². The number of halogens is 2. The summed E-state index contributed by atoms with van der Waals surface area (Å²) in [5, 5.41) is 0. The molecule has 5 heteroatoms. The van der Waals surface area contributed by atoms with E-state index < -0.39 is 23.4 Å². The van der Waals surface area contributed by atoms with E-state index in [2.05, 4.69) is 13.8 Å². The molecule has 204 valence electrons. The maximum absolute atomic E-state index is 14.5. The second-order valence-electron chi connectivity index (χ2n) is 10.9. The summed E-state index contributed by atoms with van der Waals surface area (Å²) in [4.78, 5) is 12.6. The van der Waals surface area contributed by atoms with E-state index in [-0.39, 0.29) is 17.6 Å². The van der Waals surface area contributed by atoms with Gasteiger partial charge >= 0.3 is 5.97 Å². The Morgan fingerprint density at radius 1 is 0.919 bits per heavy atom. The van der Waals surface area contributed by atoms with Crippen LogP contribution in [0.1, 0.15) is 108 Å². The minimum atomic E-state index is -1.13. The lowest BCUT2D eigenvalue weighted by atomic mass is 9.78. The molecule has 0 N–H and O–H groups in total. The molecule has 1 saturated carbocycles. The fraction of sp³-hybridized carbons (Fsp3) is 0.594. The topological polar surface area (TPSA) is 35.5 Å². The molecule has 2 aromatic carbocycles. The van der Waals surface area contributed by atoms with E-state index in [9.17, 15) is 13.6 Å². The van der Waals surface area contributed by atoms with Gasteiger partial charge in [0.15, 0.2) is 11.6 Å². The predicted molar refractivity (Wildman–Crippen MR) is 145 cm³/mol. The lowest BCUT2D eigenvalue weighted by molar-refractivity contribution is 0.0726. The van der Waals surface area contributed by atoms with Crippen LogP contribution < -0.4 is 9.47 Å². The third-order valence-corrected chi connectivity index (χ3v) is 8.03. The smallest absolute Gasteiger partial charge is 0.343 e. The van der Waals surface area contributed by atoms with Gasteiger partial charge in [0.1, 0.15) is 5.75 Å². The Bertz CT molecular complexity index is 980. The molecule has 0 spiro atoms. The summed E-state index contributed by atoms with van der Waals surface area (Å²) in [6.07, 6.45) is 13.1. The van der Waals surface area contributed by atoms with Gasteiger partial charge in [-0.25, -0.2) is 9.18 Å². The van der Waals surface area contributed by atoms with Gasteiger partial charge in [0.2, 0.25) is 5.82 Å². The number of benzene rings is 2. The molecule has 0 bridgehead atoms. The quantitative estimate of drug-likeness (QED) is 0.152. The zero-order valence-corrected chi connectivity index (χ0v) is 23.0. The fourth-order valence-electron chi connectivity index (χ4n) is 5.27. The van der Waals surface area contributed by atoms with E-state index in [1.165, 1.54) is 69.9 Å². The highest BCUT2D eigenvalue weighted by atomic mass is 19.2. The van der Waals surface area contributed by atoms with Crippen LogP contribution in [0.15, 0.2) is 36.4 Å². The van der Waals surface area contributed by atoms with Gasteiger partial charge in [0.05, 0.1) is 11.7 Å². The van der Waals surface area contributed by atoms with Crippen molar-refractivity contribution in [1.82, 2.24) is 0 Å². The van der Waals surface area contributed by atoms with Crippen LogP contribution in [0.2, 0.25) is 0 Å². The number of rotatable bonds is 13. The number of ether oxygens (including phenoxy) is 2. The van der Waals surface area contributed by atoms with E-state index in [4.69, 9.17) is 9.47 Å². The standard InChI is InChI=1S/C32H44F2O3/c1-5-7-8-9-10-24-11-13-25(14-12-24)23(4)36-28-18-15-26(16-19-28)32(35)37-29-20-17-27(21-22(3)6-2)30(33)31(29)34/h15-20,22-25H,5-14,21H2,1-4H3. The number of unbranched alkanes of at least 4 members (excludes halogenated alkanes) is 3. The third-order valence-electron chi connectivity index (χ3n) is 8.03. The van der Waals surface area contributed by atoms with Crippen molar-refractivity contribution in [3.8, 4) is 11.5 Å². The minimum absolute atomic E-state index is 0.102. The Morgan fingerprint density at radius 3 is 2.27 bits per heavy atom. The second kappa shape index (κ2) is 14.5. The molecular formula is C32H44F2O3. The summed E-state index contributed by atoms with van der Waals surface area (Å²) in [7, 11) is 0. The van der Waals surface area contributed by atoms with Gasteiger partial charge in [0.25, 0.3) is 0 Å². The van der Waals surface area contributed by atoms with Gasteiger partial charge in [-0.1, -0.05) is 78.2 Å². The van der Waals surface area contributed by atoms with Crippen LogP contribution in [0.3, 0.4) is 0 Å². The van der Waals surface area contributed by atoms with Crippen molar-refractivity contribution in [1.29, 1.82) is 0 Å². The van der Waals surface area contributed by atoms with E-state index in [0.717, 1.165) is 12.3 Å². The number of carbonyl (C=O) groups is 1. The van der Waals surface area contributed by atoms with Crippen LogP contribution in [-0.4, -0.2) is 12.1 Å². The van der Waals surface area contributed by atoms with Crippen molar-refractivity contribution in [2.75, 3.05) is 0 Å². The van der Waals surface area contributed by atoms with Crippen molar-refractivity contribution in [2.24, 2.45) is 17.8 Å². The zero-order valence-electron chi connectivity index (χ0n) is 23.0. The van der Waals surface area contributed by atoms with E-state index in [1.807, 2.05) is 13.8 Å². The molecule has 37 heavy (non-hydrogen) atoms. The highest BCUT2D eigenvalue weighted by Crippen LogP contribution is 2.35. The molecule has 0 saturated heterocycles. The maximum Gasteiger partial charge on any atom is 0.343 e. The summed E-state index contributed by atoms with van der Waals surface area (Å²) >= 11 is 0. The summed E-state index contributed by atoms with van der Waals surface area (Å²) in [6, 6.07) is 9.49. The average molecular weight is 515 g/mol. The van der Waals surface area contributed by atoms with Crippen molar-refractivity contribution >= 4 is 5.97 Å². The second-order valence-corrected chi connectivity index (χ2v) is 10.9. The summed E-state index contributed by atoms with van der Waals surface area (Å²) in [6.45, 7) is 8.37. The van der Waals surface area contributed by atoms with Crippen molar-refractivity contribution < 1.29 is 23.0 Å². The van der Waals surface area contributed by atoms with E-state index in [0.29, 0.717) is 23.7 Å². The first-order chi connectivity index (χ1) is 17.8. The molecule has 0 heterocycles. The molecule has 0 radical (unpaired) electrons. The first-order valence-electron chi connectivity index (χ1n) is 14.3. The van der Waals surface area contributed by atoms with Gasteiger partial charge in [0, 0.05) is 0 Å². The minimum Gasteiger partial charge on any atom is -0.490 e. The molecule has 2 aromatic rings. The van der Waals surface area contributed by atoms with Crippen LogP contribution in [0.5, 0.6) is 11.5 Å². The molecule has 3 nitrogen and oxygen atoms in total. The lowest BCUT2D eigenvalue weighted by Crippen LogP contribution is -2.28. The third kappa shape index (κ3) is 8.55. The fourth-order valence-corrected chi connectivity index (χ4v) is 5.27. The van der Waals surface area contributed by atoms with Crippen LogP contribution in [-0.2, 0) is 6.42 Å². The number of carbonyl (C=O) groups excluding carboxylic acids is 1. The summed E-state index contributed by atoms with van der Waals surface area (Å²) in [5.41, 5.74) is 0.551. The molecular weight excluding hydrogens is 470 g/mol. The Labute approximate surface area is 222 Å². The molecule has 0 amide bonds. The Hall–Kier alpha value is -2.43. The Balaban J connectivity index is 1.49. The first kappa shape index (κ1) is 29.1. The maximum atomic E-state index is 14.5. The van der Waals surface area contributed by atoms with Crippen LogP contribution in [0.25, 0.3) is 0 Å². The Kier molecular flexibility index (Phi) is 11.4. The average Bonchev–Trinajstić information content (AvgIpc) is 2.91. The Morgan fingerprint density at radius 2 is 1.62 bits per heavy atom. The normalized spacial score (nSPS) is 19.3. The summed E-state index contributed by atoms with van der Waals surface area (Å²) in [5.74, 6) is -0.876. The van der Waals surface area contributed by atoms with Crippen LogP contribution in [0, 0.1) is 29.4 Å². The van der Waals surface area contributed by atoms with Gasteiger partial charge in [-0.05, 0) is 79.8 Å². The molecule has 1 aliphatic rings. The largest absolute Gasteiger partial charge is 0.490 e. The van der Waals surface area contributed by atoms with E-state index in [1.54, 1.807) is 24.3 Å².